The van der Waals surface area contributed by atoms with E-state index in [0.717, 1.165) is 0 Å². The summed E-state index contributed by atoms with van der Waals surface area (Å²) in [5.74, 6) is -1.24. The van der Waals surface area contributed by atoms with Crippen LogP contribution in [-0.2, 0) is 14.3 Å². The summed E-state index contributed by atoms with van der Waals surface area (Å²) in [5, 5.41) is 13.6. The second-order valence-electron chi connectivity index (χ2n) is 4.80. The fourth-order valence-electron chi connectivity index (χ4n) is 1.79. The van der Waals surface area contributed by atoms with Gasteiger partial charge in [-0.1, -0.05) is 13.8 Å². The molecule has 0 aliphatic carbocycles. The molecule has 0 spiro atoms. The zero-order valence-electron chi connectivity index (χ0n) is 12.3. The number of hydrogen-bond donors (Lipinski definition) is 3. The Balaban J connectivity index is 2.85. The number of esters is 1. The maximum absolute atomic E-state index is 11.8. The van der Waals surface area contributed by atoms with Gasteiger partial charge in [-0.15, -0.1) is 11.8 Å². The number of amides is 2. The lowest BCUT2D eigenvalue weighted by Gasteiger charge is -2.23. The van der Waals surface area contributed by atoms with Crippen LogP contribution < -0.4 is 10.6 Å². The molecular weight excluding hydrogens is 296 g/mol. The molecule has 1 atom stereocenters. The lowest BCUT2D eigenvalue weighted by molar-refractivity contribution is -0.139. The number of urea groups is 1. The van der Waals surface area contributed by atoms with Gasteiger partial charge in [0.15, 0.2) is 0 Å². The summed E-state index contributed by atoms with van der Waals surface area (Å²) in [7, 11) is 0. The minimum atomic E-state index is -0.909. The monoisotopic (exact) mass is 316 g/mol. The zero-order valence-corrected chi connectivity index (χ0v) is 13.1. The van der Waals surface area contributed by atoms with Crippen molar-refractivity contribution in [3.05, 3.63) is 11.3 Å². The van der Waals surface area contributed by atoms with E-state index in [1.54, 1.807) is 6.92 Å². The van der Waals surface area contributed by atoms with Gasteiger partial charge in [0.25, 0.3) is 0 Å². The van der Waals surface area contributed by atoms with Gasteiger partial charge in [0.1, 0.15) is 5.25 Å². The molecule has 7 nitrogen and oxygen atoms in total. The average Bonchev–Trinajstić information content (AvgIpc) is 2.38. The Labute approximate surface area is 127 Å². The van der Waals surface area contributed by atoms with Crippen LogP contribution in [0, 0.1) is 5.92 Å². The minimum Gasteiger partial charge on any atom is -0.480 e. The van der Waals surface area contributed by atoms with Crippen molar-refractivity contribution in [1.82, 2.24) is 10.6 Å². The van der Waals surface area contributed by atoms with Gasteiger partial charge in [-0.25, -0.2) is 9.59 Å². The summed E-state index contributed by atoms with van der Waals surface area (Å²) in [6.45, 7) is 5.64. The van der Waals surface area contributed by atoms with Crippen molar-refractivity contribution in [3.8, 4) is 0 Å². The van der Waals surface area contributed by atoms with E-state index in [0.29, 0.717) is 11.3 Å². The fraction of sp³-hybridized carbons (Fsp3) is 0.615. The number of aliphatic carboxylic acids is 1. The number of hydrogen-bond acceptors (Lipinski definition) is 5. The highest BCUT2D eigenvalue weighted by molar-refractivity contribution is 8.00. The van der Waals surface area contributed by atoms with Crippen LogP contribution in [0.3, 0.4) is 0 Å². The maximum Gasteiger partial charge on any atom is 0.337 e. The van der Waals surface area contributed by atoms with Crippen molar-refractivity contribution in [1.29, 1.82) is 0 Å². The normalized spacial score (nSPS) is 16.3. The van der Waals surface area contributed by atoms with Crippen molar-refractivity contribution < 1.29 is 24.2 Å². The van der Waals surface area contributed by atoms with Gasteiger partial charge in [-0.2, -0.15) is 0 Å². The zero-order chi connectivity index (χ0) is 16.0. The molecule has 21 heavy (non-hydrogen) atoms. The third-order valence-corrected chi connectivity index (χ3v) is 4.39. The highest BCUT2D eigenvalue weighted by atomic mass is 32.2. The first kappa shape index (κ1) is 17.4. The van der Waals surface area contributed by atoms with Crippen molar-refractivity contribution in [2.75, 3.05) is 18.9 Å². The van der Waals surface area contributed by atoms with Crippen molar-refractivity contribution in [2.45, 2.75) is 26.0 Å². The predicted octanol–water partition coefficient (Wildman–Crippen LogP) is 0.959. The second kappa shape index (κ2) is 7.92. The van der Waals surface area contributed by atoms with Crippen molar-refractivity contribution in [2.24, 2.45) is 5.92 Å². The van der Waals surface area contributed by atoms with Gasteiger partial charge in [-0.05, 0) is 12.8 Å². The van der Waals surface area contributed by atoms with Crippen LogP contribution in [0.5, 0.6) is 0 Å². The summed E-state index contributed by atoms with van der Waals surface area (Å²) in [6, 6.07) is -0.407. The first-order chi connectivity index (χ1) is 9.86. The molecule has 0 aromatic rings. The van der Waals surface area contributed by atoms with Crippen molar-refractivity contribution >= 4 is 29.7 Å². The molecule has 8 heteroatoms. The molecular formula is C13H20N2O5S. The number of carboxylic acid groups (broad SMARTS) is 1. The Morgan fingerprint density at radius 1 is 1.43 bits per heavy atom. The first-order valence-electron chi connectivity index (χ1n) is 6.65. The fourth-order valence-corrected chi connectivity index (χ4v) is 2.91. The molecule has 0 bridgehead atoms. The largest absolute Gasteiger partial charge is 0.480 e. The summed E-state index contributed by atoms with van der Waals surface area (Å²) in [4.78, 5) is 34.4. The molecule has 1 rings (SSSR count). The van der Waals surface area contributed by atoms with Crippen LogP contribution in [0.1, 0.15) is 20.8 Å². The van der Waals surface area contributed by atoms with E-state index in [2.05, 4.69) is 10.6 Å². The topological polar surface area (TPSA) is 105 Å². The molecule has 3 N–H and O–H groups in total. The van der Waals surface area contributed by atoms with Crippen LogP contribution in [0.2, 0.25) is 0 Å². The minimum absolute atomic E-state index is 0.0587. The number of rotatable bonds is 7. The molecule has 1 aliphatic heterocycles. The van der Waals surface area contributed by atoms with E-state index >= 15 is 0 Å². The molecule has 1 heterocycles. The lowest BCUT2D eigenvalue weighted by atomic mass is 10.1. The lowest BCUT2D eigenvalue weighted by Crippen LogP contribution is -2.44. The third kappa shape index (κ3) is 4.96. The molecule has 0 aromatic heterocycles. The third-order valence-electron chi connectivity index (χ3n) is 2.83. The Morgan fingerprint density at radius 2 is 2.10 bits per heavy atom. The Morgan fingerprint density at radius 3 is 2.62 bits per heavy atom. The highest BCUT2D eigenvalue weighted by Gasteiger charge is 2.27. The number of carbonyl (C=O) groups is 3. The Bertz CT molecular complexity index is 461. The summed E-state index contributed by atoms with van der Waals surface area (Å²) >= 11 is 1.18. The van der Waals surface area contributed by atoms with E-state index in [9.17, 15) is 14.4 Å². The quantitative estimate of drug-likeness (QED) is 0.604. The van der Waals surface area contributed by atoms with E-state index in [1.165, 1.54) is 11.8 Å². The van der Waals surface area contributed by atoms with Crippen LogP contribution >= 0.6 is 11.8 Å². The highest BCUT2D eigenvalue weighted by Crippen LogP contribution is 2.23. The van der Waals surface area contributed by atoms with E-state index in [4.69, 9.17) is 9.84 Å². The number of thioether (sulfide) groups is 1. The molecule has 2 amide bonds. The smallest absolute Gasteiger partial charge is 0.337 e. The van der Waals surface area contributed by atoms with Gasteiger partial charge >= 0.3 is 18.0 Å². The maximum atomic E-state index is 11.8. The number of ether oxygens (including phenoxy) is 1. The van der Waals surface area contributed by atoms with Gasteiger partial charge < -0.3 is 20.5 Å². The average molecular weight is 316 g/mol. The first-order valence-corrected chi connectivity index (χ1v) is 7.70. The van der Waals surface area contributed by atoms with Crippen LogP contribution in [0.4, 0.5) is 4.79 Å². The number of carboxylic acids is 1. The van der Waals surface area contributed by atoms with Crippen molar-refractivity contribution in [3.63, 3.8) is 0 Å². The van der Waals surface area contributed by atoms with Gasteiger partial charge in [0.05, 0.1) is 18.7 Å². The molecule has 118 valence electrons. The van der Waals surface area contributed by atoms with Gasteiger partial charge in [0.2, 0.25) is 0 Å². The van der Waals surface area contributed by atoms with E-state index < -0.39 is 23.2 Å². The number of nitrogens with one attached hydrogen (secondary N) is 2. The van der Waals surface area contributed by atoms with Crippen LogP contribution in [0.25, 0.3) is 0 Å². The predicted molar refractivity (Wildman–Crippen MR) is 78.9 cm³/mol. The molecule has 1 aliphatic rings. The summed E-state index contributed by atoms with van der Waals surface area (Å²) in [5.41, 5.74) is 0.742. The molecule has 0 radical (unpaired) electrons. The molecule has 0 aromatic carbocycles. The summed E-state index contributed by atoms with van der Waals surface area (Å²) in [6.07, 6.45) is 0. The number of carbonyl (C=O) groups excluding carboxylic acids is 2. The molecule has 0 saturated heterocycles. The molecule has 1 unspecified atom stereocenters. The van der Waals surface area contributed by atoms with E-state index in [-0.39, 0.29) is 24.8 Å². The summed E-state index contributed by atoms with van der Waals surface area (Å²) < 4.78 is 4.93. The SMILES string of the molecule is CCOC(=O)C1=C(CSC(C(=O)O)C(C)C)NC(=O)NC1. The van der Waals surface area contributed by atoms with Crippen LogP contribution in [-0.4, -0.2) is 47.2 Å². The second-order valence-corrected chi connectivity index (χ2v) is 5.93. The van der Waals surface area contributed by atoms with E-state index in [1.807, 2.05) is 13.8 Å². The molecule has 0 fully saturated rings. The standard InChI is InChI=1S/C13H20N2O5S/c1-4-20-12(18)8-5-14-13(19)15-9(8)6-21-10(7(2)3)11(16)17/h7,10H,4-6H2,1-3H3,(H,16,17)(H2,14,15,19). The Kier molecular flexibility index (Phi) is 6.54. The van der Waals surface area contributed by atoms with Crippen LogP contribution in [0.15, 0.2) is 11.3 Å². The van der Waals surface area contributed by atoms with Gasteiger partial charge in [0, 0.05) is 11.4 Å². The Hall–Kier alpha value is -1.70. The van der Waals surface area contributed by atoms with Gasteiger partial charge in [-0.3, -0.25) is 4.79 Å². The molecule has 0 saturated carbocycles.